The molecule has 0 aliphatic heterocycles. The SMILES string of the molecule is CN(CCNC(=O)c1ccnc(N(C)C)c1)C(=O)OC(C)(C)C. The van der Waals surface area contributed by atoms with E-state index in [0.717, 1.165) is 0 Å². The molecule has 0 aliphatic rings. The second-order valence-electron chi connectivity index (χ2n) is 6.45. The van der Waals surface area contributed by atoms with Gasteiger partial charge in [0.15, 0.2) is 0 Å². The van der Waals surface area contributed by atoms with Gasteiger partial charge in [0.05, 0.1) is 0 Å². The summed E-state index contributed by atoms with van der Waals surface area (Å²) < 4.78 is 5.24. The van der Waals surface area contributed by atoms with Crippen LogP contribution in [0.2, 0.25) is 0 Å². The Balaban J connectivity index is 2.48. The number of nitrogens with one attached hydrogen (secondary N) is 1. The Morgan fingerprint density at radius 3 is 2.48 bits per heavy atom. The van der Waals surface area contributed by atoms with E-state index in [1.165, 1.54) is 4.90 Å². The van der Waals surface area contributed by atoms with Crippen molar-refractivity contribution in [3.05, 3.63) is 23.9 Å². The number of pyridine rings is 1. The van der Waals surface area contributed by atoms with E-state index in [0.29, 0.717) is 24.5 Å². The van der Waals surface area contributed by atoms with Gasteiger partial charge in [0, 0.05) is 46.0 Å². The fraction of sp³-hybridized carbons (Fsp3) is 0.562. The predicted octanol–water partition coefficient (Wildman–Crippen LogP) is 1.74. The fourth-order valence-electron chi connectivity index (χ4n) is 1.67. The molecule has 0 atom stereocenters. The molecule has 0 aromatic carbocycles. The van der Waals surface area contributed by atoms with Gasteiger partial charge >= 0.3 is 6.09 Å². The molecular formula is C16H26N4O3. The summed E-state index contributed by atoms with van der Waals surface area (Å²) in [5.74, 6) is 0.511. The molecule has 7 heteroatoms. The molecule has 2 amide bonds. The molecule has 0 bridgehead atoms. The van der Waals surface area contributed by atoms with Crippen molar-refractivity contribution in [2.24, 2.45) is 0 Å². The first kappa shape index (κ1) is 18.7. The van der Waals surface area contributed by atoms with Crippen molar-refractivity contribution < 1.29 is 14.3 Å². The zero-order valence-corrected chi connectivity index (χ0v) is 14.7. The maximum absolute atomic E-state index is 12.1. The smallest absolute Gasteiger partial charge is 0.410 e. The Kier molecular flexibility index (Phi) is 6.36. The number of carbonyl (C=O) groups is 2. The molecule has 0 spiro atoms. The van der Waals surface area contributed by atoms with E-state index in [2.05, 4.69) is 10.3 Å². The summed E-state index contributed by atoms with van der Waals surface area (Å²) in [4.78, 5) is 31.3. The normalized spacial score (nSPS) is 10.9. The lowest BCUT2D eigenvalue weighted by Crippen LogP contribution is -2.39. The number of aromatic nitrogens is 1. The van der Waals surface area contributed by atoms with Gasteiger partial charge in [0.2, 0.25) is 0 Å². The van der Waals surface area contributed by atoms with E-state index >= 15 is 0 Å². The van der Waals surface area contributed by atoms with Crippen molar-refractivity contribution in [1.29, 1.82) is 0 Å². The third kappa shape index (κ3) is 6.54. The van der Waals surface area contributed by atoms with Gasteiger partial charge in [-0.25, -0.2) is 9.78 Å². The minimum Gasteiger partial charge on any atom is -0.444 e. The Morgan fingerprint density at radius 1 is 1.26 bits per heavy atom. The number of hydrogen-bond acceptors (Lipinski definition) is 5. The molecule has 1 rings (SSSR count). The number of hydrogen-bond donors (Lipinski definition) is 1. The monoisotopic (exact) mass is 322 g/mol. The van der Waals surface area contributed by atoms with Crippen LogP contribution in [0.1, 0.15) is 31.1 Å². The van der Waals surface area contributed by atoms with E-state index in [-0.39, 0.29) is 5.91 Å². The van der Waals surface area contributed by atoms with Crippen molar-refractivity contribution in [3.63, 3.8) is 0 Å². The van der Waals surface area contributed by atoms with Crippen molar-refractivity contribution in [1.82, 2.24) is 15.2 Å². The number of carbonyl (C=O) groups excluding carboxylic acids is 2. The van der Waals surface area contributed by atoms with Gasteiger partial charge < -0.3 is 19.9 Å². The highest BCUT2D eigenvalue weighted by Crippen LogP contribution is 2.10. The van der Waals surface area contributed by atoms with Crippen LogP contribution >= 0.6 is 0 Å². The number of amides is 2. The predicted molar refractivity (Wildman–Crippen MR) is 89.8 cm³/mol. The van der Waals surface area contributed by atoms with E-state index in [1.54, 1.807) is 25.4 Å². The highest BCUT2D eigenvalue weighted by Gasteiger charge is 2.19. The zero-order chi connectivity index (χ0) is 17.6. The molecule has 0 aliphatic carbocycles. The minimum atomic E-state index is -0.534. The van der Waals surface area contributed by atoms with Crippen LogP contribution in [0.3, 0.4) is 0 Å². The second-order valence-corrected chi connectivity index (χ2v) is 6.45. The molecule has 0 radical (unpaired) electrons. The summed E-state index contributed by atoms with van der Waals surface area (Å²) in [6.45, 7) is 6.14. The van der Waals surface area contributed by atoms with E-state index in [9.17, 15) is 9.59 Å². The number of likely N-dealkylation sites (N-methyl/N-ethyl adjacent to an activating group) is 1. The molecular weight excluding hydrogens is 296 g/mol. The molecule has 0 saturated carbocycles. The maximum Gasteiger partial charge on any atom is 0.410 e. The van der Waals surface area contributed by atoms with Crippen LogP contribution in [-0.2, 0) is 4.74 Å². The third-order valence-electron chi connectivity index (χ3n) is 2.90. The molecule has 7 nitrogen and oxygen atoms in total. The minimum absolute atomic E-state index is 0.201. The van der Waals surface area contributed by atoms with Gasteiger partial charge in [-0.1, -0.05) is 0 Å². The van der Waals surface area contributed by atoms with E-state index in [1.807, 2.05) is 39.8 Å². The fourth-order valence-corrected chi connectivity index (χ4v) is 1.67. The Labute approximate surface area is 137 Å². The summed E-state index contributed by atoms with van der Waals surface area (Å²) in [6, 6.07) is 3.37. The van der Waals surface area contributed by atoms with Crippen LogP contribution in [0, 0.1) is 0 Å². The topological polar surface area (TPSA) is 74.8 Å². The summed E-state index contributed by atoms with van der Waals surface area (Å²) >= 11 is 0. The standard InChI is InChI=1S/C16H26N4O3/c1-16(2,3)23-15(22)20(6)10-9-18-14(21)12-7-8-17-13(11-12)19(4)5/h7-8,11H,9-10H2,1-6H3,(H,18,21). The Bertz CT molecular complexity index is 553. The van der Waals surface area contributed by atoms with Gasteiger partial charge in [-0.15, -0.1) is 0 Å². The second kappa shape index (κ2) is 7.80. The first-order chi connectivity index (χ1) is 10.6. The van der Waals surface area contributed by atoms with Gasteiger partial charge in [-0.05, 0) is 32.9 Å². The molecule has 1 heterocycles. The van der Waals surface area contributed by atoms with E-state index < -0.39 is 11.7 Å². The summed E-state index contributed by atoms with van der Waals surface area (Å²) in [7, 11) is 5.36. The highest BCUT2D eigenvalue weighted by atomic mass is 16.6. The lowest BCUT2D eigenvalue weighted by Gasteiger charge is -2.24. The zero-order valence-electron chi connectivity index (χ0n) is 14.7. The molecule has 1 aromatic heterocycles. The molecule has 1 N–H and O–H groups in total. The molecule has 0 saturated heterocycles. The van der Waals surface area contributed by atoms with Crippen molar-refractivity contribution in [2.45, 2.75) is 26.4 Å². The number of anilines is 1. The van der Waals surface area contributed by atoms with Crippen LogP contribution in [0.4, 0.5) is 10.6 Å². The van der Waals surface area contributed by atoms with Gasteiger partial charge in [0.25, 0.3) is 5.91 Å². The van der Waals surface area contributed by atoms with Crippen LogP contribution in [0.15, 0.2) is 18.3 Å². The Hall–Kier alpha value is -2.31. The highest BCUT2D eigenvalue weighted by molar-refractivity contribution is 5.94. The quantitative estimate of drug-likeness (QED) is 0.894. The third-order valence-corrected chi connectivity index (χ3v) is 2.90. The van der Waals surface area contributed by atoms with Crippen LogP contribution in [0.25, 0.3) is 0 Å². The summed E-state index contributed by atoms with van der Waals surface area (Å²) in [6.07, 6.45) is 1.18. The Morgan fingerprint density at radius 2 is 1.91 bits per heavy atom. The molecule has 0 fully saturated rings. The average Bonchev–Trinajstić information content (AvgIpc) is 2.45. The molecule has 0 unspecified atom stereocenters. The lowest BCUT2D eigenvalue weighted by molar-refractivity contribution is 0.0299. The summed E-state index contributed by atoms with van der Waals surface area (Å²) in [5.41, 5.74) is -0.00239. The molecule has 23 heavy (non-hydrogen) atoms. The number of rotatable bonds is 5. The lowest BCUT2D eigenvalue weighted by atomic mass is 10.2. The van der Waals surface area contributed by atoms with Gasteiger partial charge in [-0.2, -0.15) is 0 Å². The summed E-state index contributed by atoms with van der Waals surface area (Å²) in [5, 5.41) is 2.78. The maximum atomic E-state index is 12.1. The number of nitrogens with zero attached hydrogens (tertiary/aromatic N) is 3. The van der Waals surface area contributed by atoms with Crippen LogP contribution in [-0.4, -0.2) is 61.7 Å². The van der Waals surface area contributed by atoms with Crippen molar-refractivity contribution >= 4 is 17.8 Å². The van der Waals surface area contributed by atoms with E-state index in [4.69, 9.17) is 4.74 Å². The van der Waals surface area contributed by atoms with Gasteiger partial charge in [0.1, 0.15) is 11.4 Å². The first-order valence-corrected chi connectivity index (χ1v) is 7.46. The van der Waals surface area contributed by atoms with Crippen molar-refractivity contribution in [3.8, 4) is 0 Å². The van der Waals surface area contributed by atoms with Crippen LogP contribution in [0.5, 0.6) is 0 Å². The average molecular weight is 322 g/mol. The largest absolute Gasteiger partial charge is 0.444 e. The van der Waals surface area contributed by atoms with Crippen LogP contribution < -0.4 is 10.2 Å². The van der Waals surface area contributed by atoms with Gasteiger partial charge in [-0.3, -0.25) is 4.79 Å². The molecule has 1 aromatic rings. The molecule has 128 valence electrons. The first-order valence-electron chi connectivity index (χ1n) is 7.46. The number of ether oxygens (including phenoxy) is 1. The van der Waals surface area contributed by atoms with Crippen molar-refractivity contribution in [2.75, 3.05) is 39.1 Å².